The molecule has 0 spiro atoms. The number of nitrogens with one attached hydrogen (secondary N) is 1. The topological polar surface area (TPSA) is 12.0 Å². The minimum atomic E-state index is 0.193. The first kappa shape index (κ1) is 15.7. The van der Waals surface area contributed by atoms with Crippen LogP contribution in [0.2, 0.25) is 0 Å². The molecule has 0 radical (unpaired) electrons. The summed E-state index contributed by atoms with van der Waals surface area (Å²) in [5, 5.41) is 3.59. The molecule has 1 N–H and O–H groups in total. The SMILES string of the molecule is C=CC(C)(CNC(C)(C)C)CC(C)CCC. The molecule has 2 atom stereocenters. The molecule has 0 fully saturated rings. The highest BCUT2D eigenvalue weighted by molar-refractivity contribution is 4.95. The number of hydrogen-bond acceptors (Lipinski definition) is 1. The average molecular weight is 225 g/mol. The smallest absolute Gasteiger partial charge is 0.00968 e. The fourth-order valence-electron chi connectivity index (χ4n) is 2.09. The Labute approximate surface area is 103 Å². The second-order valence-corrected chi connectivity index (χ2v) is 6.56. The minimum absolute atomic E-state index is 0.193. The maximum atomic E-state index is 4.01. The van der Waals surface area contributed by atoms with Crippen molar-refractivity contribution in [2.45, 2.75) is 66.3 Å². The van der Waals surface area contributed by atoms with E-state index in [1.165, 1.54) is 19.3 Å². The Balaban J connectivity index is 4.25. The summed E-state index contributed by atoms with van der Waals surface area (Å²) in [6, 6.07) is 0. The zero-order chi connectivity index (χ0) is 12.8. The van der Waals surface area contributed by atoms with Gasteiger partial charge in [0.05, 0.1) is 0 Å². The Morgan fingerprint density at radius 2 is 1.81 bits per heavy atom. The van der Waals surface area contributed by atoms with Crippen LogP contribution >= 0.6 is 0 Å². The Morgan fingerprint density at radius 1 is 1.25 bits per heavy atom. The van der Waals surface area contributed by atoms with E-state index in [2.05, 4.69) is 59.5 Å². The minimum Gasteiger partial charge on any atom is -0.311 e. The summed E-state index contributed by atoms with van der Waals surface area (Å²) < 4.78 is 0. The molecular weight excluding hydrogens is 194 g/mol. The largest absolute Gasteiger partial charge is 0.311 e. The van der Waals surface area contributed by atoms with E-state index in [0.717, 1.165) is 12.5 Å². The standard InChI is InChI=1S/C15H31N/c1-8-10-13(3)11-15(7,9-2)12-16-14(4,5)6/h9,13,16H,2,8,10-12H2,1,3-7H3. The quantitative estimate of drug-likeness (QED) is 0.634. The molecule has 0 rings (SSSR count). The molecule has 0 saturated carbocycles. The first-order valence-corrected chi connectivity index (χ1v) is 6.61. The van der Waals surface area contributed by atoms with E-state index in [9.17, 15) is 0 Å². The highest BCUT2D eigenvalue weighted by Crippen LogP contribution is 2.29. The van der Waals surface area contributed by atoms with Crippen LogP contribution in [-0.2, 0) is 0 Å². The Kier molecular flexibility index (Phi) is 6.32. The molecular formula is C15H31N. The lowest BCUT2D eigenvalue weighted by molar-refractivity contribution is 0.265. The molecule has 96 valence electrons. The molecule has 0 heterocycles. The van der Waals surface area contributed by atoms with E-state index in [0.29, 0.717) is 0 Å². The van der Waals surface area contributed by atoms with Gasteiger partial charge >= 0.3 is 0 Å². The van der Waals surface area contributed by atoms with E-state index in [1.807, 2.05) is 0 Å². The molecule has 0 aromatic carbocycles. The molecule has 1 heteroatoms. The highest BCUT2D eigenvalue weighted by Gasteiger charge is 2.24. The summed E-state index contributed by atoms with van der Waals surface area (Å²) in [6.45, 7) is 18.6. The van der Waals surface area contributed by atoms with Crippen LogP contribution in [0.4, 0.5) is 0 Å². The van der Waals surface area contributed by atoms with Crippen LogP contribution < -0.4 is 5.32 Å². The number of rotatable bonds is 7. The van der Waals surface area contributed by atoms with Crippen LogP contribution in [0.5, 0.6) is 0 Å². The molecule has 0 amide bonds. The molecule has 1 nitrogen and oxygen atoms in total. The van der Waals surface area contributed by atoms with Crippen LogP contribution in [0.3, 0.4) is 0 Å². The van der Waals surface area contributed by atoms with Gasteiger partial charge in [0.1, 0.15) is 0 Å². The summed E-state index contributed by atoms with van der Waals surface area (Å²) in [6.07, 6.45) is 5.95. The molecule has 0 aliphatic carbocycles. The van der Waals surface area contributed by atoms with Gasteiger partial charge in [0, 0.05) is 12.1 Å². The normalized spacial score (nSPS) is 17.9. The van der Waals surface area contributed by atoms with Crippen LogP contribution in [0.25, 0.3) is 0 Å². The predicted molar refractivity (Wildman–Crippen MR) is 74.7 cm³/mol. The van der Waals surface area contributed by atoms with Gasteiger partial charge in [0.25, 0.3) is 0 Å². The molecule has 2 unspecified atom stereocenters. The van der Waals surface area contributed by atoms with Crippen molar-refractivity contribution in [2.24, 2.45) is 11.3 Å². The third-order valence-corrected chi connectivity index (χ3v) is 3.11. The first-order chi connectivity index (χ1) is 7.22. The maximum Gasteiger partial charge on any atom is 0.00968 e. The zero-order valence-electron chi connectivity index (χ0n) is 12.2. The summed E-state index contributed by atoms with van der Waals surface area (Å²) >= 11 is 0. The van der Waals surface area contributed by atoms with Gasteiger partial charge in [-0.15, -0.1) is 6.58 Å². The second-order valence-electron chi connectivity index (χ2n) is 6.56. The van der Waals surface area contributed by atoms with E-state index in [4.69, 9.17) is 0 Å². The zero-order valence-corrected chi connectivity index (χ0v) is 12.2. The molecule has 0 aromatic rings. The summed E-state index contributed by atoms with van der Waals surface area (Å²) in [4.78, 5) is 0. The molecule has 0 aromatic heterocycles. The van der Waals surface area contributed by atoms with Gasteiger partial charge < -0.3 is 5.32 Å². The van der Waals surface area contributed by atoms with E-state index in [-0.39, 0.29) is 11.0 Å². The molecule has 16 heavy (non-hydrogen) atoms. The summed E-state index contributed by atoms with van der Waals surface area (Å²) in [7, 11) is 0. The van der Waals surface area contributed by atoms with Crippen LogP contribution in [0, 0.1) is 11.3 Å². The van der Waals surface area contributed by atoms with Gasteiger partial charge in [-0.3, -0.25) is 0 Å². The summed E-state index contributed by atoms with van der Waals surface area (Å²) in [5.41, 5.74) is 0.417. The second kappa shape index (κ2) is 6.44. The predicted octanol–water partition coefficient (Wildman–Crippen LogP) is 4.39. The lowest BCUT2D eigenvalue weighted by Crippen LogP contribution is -2.42. The number of hydrogen-bond donors (Lipinski definition) is 1. The van der Waals surface area contributed by atoms with Crippen LogP contribution in [-0.4, -0.2) is 12.1 Å². The lowest BCUT2D eigenvalue weighted by atomic mass is 9.79. The van der Waals surface area contributed by atoms with Gasteiger partial charge in [-0.1, -0.05) is 39.7 Å². The Hall–Kier alpha value is -0.300. The van der Waals surface area contributed by atoms with Crippen molar-refractivity contribution >= 4 is 0 Å². The highest BCUT2D eigenvalue weighted by atomic mass is 15.0. The molecule has 0 aliphatic rings. The van der Waals surface area contributed by atoms with Crippen molar-refractivity contribution in [2.75, 3.05) is 6.54 Å². The van der Waals surface area contributed by atoms with Gasteiger partial charge in [0.2, 0.25) is 0 Å². The van der Waals surface area contributed by atoms with E-state index < -0.39 is 0 Å². The Morgan fingerprint density at radius 3 is 2.19 bits per heavy atom. The van der Waals surface area contributed by atoms with Crippen molar-refractivity contribution < 1.29 is 0 Å². The van der Waals surface area contributed by atoms with Crippen molar-refractivity contribution in [3.63, 3.8) is 0 Å². The fraction of sp³-hybridized carbons (Fsp3) is 0.867. The monoisotopic (exact) mass is 225 g/mol. The average Bonchev–Trinajstić information content (AvgIpc) is 2.14. The third kappa shape index (κ3) is 7.05. The van der Waals surface area contributed by atoms with Crippen molar-refractivity contribution in [3.05, 3.63) is 12.7 Å². The van der Waals surface area contributed by atoms with Crippen LogP contribution in [0.1, 0.15) is 60.8 Å². The van der Waals surface area contributed by atoms with Gasteiger partial charge in [-0.25, -0.2) is 0 Å². The van der Waals surface area contributed by atoms with E-state index >= 15 is 0 Å². The van der Waals surface area contributed by atoms with Crippen molar-refractivity contribution in [1.29, 1.82) is 0 Å². The summed E-state index contributed by atoms with van der Waals surface area (Å²) in [5.74, 6) is 0.787. The Bertz CT molecular complexity index is 202. The van der Waals surface area contributed by atoms with Crippen LogP contribution in [0.15, 0.2) is 12.7 Å². The maximum absolute atomic E-state index is 4.01. The van der Waals surface area contributed by atoms with Gasteiger partial charge in [-0.2, -0.15) is 0 Å². The van der Waals surface area contributed by atoms with E-state index in [1.54, 1.807) is 0 Å². The first-order valence-electron chi connectivity index (χ1n) is 6.61. The van der Waals surface area contributed by atoms with Gasteiger partial charge in [0.15, 0.2) is 0 Å². The molecule has 0 bridgehead atoms. The third-order valence-electron chi connectivity index (χ3n) is 3.11. The molecule has 0 aliphatic heterocycles. The van der Waals surface area contributed by atoms with Crippen molar-refractivity contribution in [3.8, 4) is 0 Å². The van der Waals surface area contributed by atoms with Gasteiger partial charge in [-0.05, 0) is 38.5 Å². The van der Waals surface area contributed by atoms with Crippen molar-refractivity contribution in [1.82, 2.24) is 5.32 Å². The lowest BCUT2D eigenvalue weighted by Gasteiger charge is -2.33. The fourth-order valence-corrected chi connectivity index (χ4v) is 2.09. The molecule has 0 saturated heterocycles.